The largest absolute Gasteiger partial charge is 0.313 e. The van der Waals surface area contributed by atoms with Gasteiger partial charge in [-0.05, 0) is 40.5 Å². The Morgan fingerprint density at radius 2 is 1.80 bits per heavy atom. The molecular formula is C8H16NO. The van der Waals surface area contributed by atoms with Crippen LogP contribution < -0.4 is 0 Å². The van der Waals surface area contributed by atoms with Gasteiger partial charge in [-0.1, -0.05) is 0 Å². The van der Waals surface area contributed by atoms with Crippen LogP contribution in [0.2, 0.25) is 0 Å². The van der Waals surface area contributed by atoms with Gasteiger partial charge in [0.05, 0.1) is 0 Å². The van der Waals surface area contributed by atoms with Crippen LogP contribution in [0, 0.1) is 6.42 Å². The first kappa shape index (κ1) is 8.02. The maximum Gasteiger partial charge on any atom is 0.0442 e. The molecule has 59 valence electrons. The van der Waals surface area contributed by atoms with Crippen LogP contribution in [0.5, 0.6) is 0 Å². The van der Waals surface area contributed by atoms with Crippen molar-refractivity contribution in [1.29, 1.82) is 0 Å². The lowest BCUT2D eigenvalue weighted by atomic mass is 10.0. The monoisotopic (exact) mass is 142 g/mol. The maximum atomic E-state index is 9.59. The van der Waals surface area contributed by atoms with Gasteiger partial charge in [-0.25, -0.2) is 0 Å². The Morgan fingerprint density at radius 1 is 1.30 bits per heavy atom. The Balaban J connectivity index is 2.77. The number of hydrogen-bond donors (Lipinski definition) is 1. The lowest BCUT2D eigenvalue weighted by molar-refractivity contribution is -0.187. The summed E-state index contributed by atoms with van der Waals surface area (Å²) in [5, 5.41) is 11.0. The van der Waals surface area contributed by atoms with Crippen LogP contribution >= 0.6 is 0 Å². The van der Waals surface area contributed by atoms with Gasteiger partial charge in [0.25, 0.3) is 0 Å². The molecular weight excluding hydrogens is 126 g/mol. The molecule has 0 aromatic carbocycles. The highest BCUT2D eigenvalue weighted by Crippen LogP contribution is 2.37. The van der Waals surface area contributed by atoms with Gasteiger partial charge in [0.1, 0.15) is 0 Å². The third-order valence-corrected chi connectivity index (χ3v) is 2.22. The second kappa shape index (κ2) is 1.95. The second-order valence-corrected chi connectivity index (χ2v) is 4.19. The molecule has 1 radical (unpaired) electrons. The number of hydrogen-bond acceptors (Lipinski definition) is 2. The zero-order valence-electron chi connectivity index (χ0n) is 7.18. The average molecular weight is 142 g/mol. The molecule has 0 aliphatic carbocycles. The van der Waals surface area contributed by atoms with E-state index in [0.717, 1.165) is 6.42 Å². The van der Waals surface area contributed by atoms with Crippen LogP contribution in [0.3, 0.4) is 0 Å². The highest BCUT2D eigenvalue weighted by atomic mass is 16.5. The van der Waals surface area contributed by atoms with Crippen molar-refractivity contribution in [3.63, 3.8) is 0 Å². The van der Waals surface area contributed by atoms with Gasteiger partial charge in [-0.15, -0.1) is 0 Å². The van der Waals surface area contributed by atoms with Gasteiger partial charge in [0.2, 0.25) is 0 Å². The van der Waals surface area contributed by atoms with Crippen molar-refractivity contribution in [3.05, 3.63) is 6.42 Å². The molecule has 0 spiro atoms. The predicted molar refractivity (Wildman–Crippen MR) is 40.7 cm³/mol. The van der Waals surface area contributed by atoms with Crippen molar-refractivity contribution >= 4 is 0 Å². The molecule has 1 heterocycles. The predicted octanol–water partition coefficient (Wildman–Crippen LogP) is 1.84. The molecule has 0 unspecified atom stereocenters. The van der Waals surface area contributed by atoms with E-state index in [1.807, 2.05) is 27.7 Å². The summed E-state index contributed by atoms with van der Waals surface area (Å²) in [7, 11) is 0. The van der Waals surface area contributed by atoms with Crippen LogP contribution in [-0.2, 0) is 0 Å². The summed E-state index contributed by atoms with van der Waals surface area (Å²) >= 11 is 0. The molecule has 10 heavy (non-hydrogen) atoms. The highest BCUT2D eigenvalue weighted by Gasteiger charge is 2.44. The van der Waals surface area contributed by atoms with Crippen LogP contribution in [0.4, 0.5) is 0 Å². The topological polar surface area (TPSA) is 23.5 Å². The molecule has 1 fully saturated rings. The lowest BCUT2D eigenvalue weighted by Gasteiger charge is -2.33. The van der Waals surface area contributed by atoms with E-state index in [-0.39, 0.29) is 11.1 Å². The molecule has 1 saturated heterocycles. The zero-order chi connectivity index (χ0) is 7.99. The van der Waals surface area contributed by atoms with E-state index in [0.29, 0.717) is 0 Å². The first-order chi connectivity index (χ1) is 4.36. The molecule has 0 aromatic rings. The maximum absolute atomic E-state index is 9.59. The SMILES string of the molecule is CC1(C)[CH]CC(C)(C)N1O. The summed E-state index contributed by atoms with van der Waals surface area (Å²) in [6.45, 7) is 8.11. The van der Waals surface area contributed by atoms with Crippen molar-refractivity contribution in [3.8, 4) is 0 Å². The summed E-state index contributed by atoms with van der Waals surface area (Å²) in [5.41, 5.74) is -0.229. The van der Waals surface area contributed by atoms with Crippen molar-refractivity contribution in [2.24, 2.45) is 0 Å². The summed E-state index contributed by atoms with van der Waals surface area (Å²) in [6, 6.07) is 0. The molecule has 2 heteroatoms. The summed E-state index contributed by atoms with van der Waals surface area (Å²) < 4.78 is 0. The smallest absolute Gasteiger partial charge is 0.0442 e. The van der Waals surface area contributed by atoms with E-state index in [1.165, 1.54) is 5.06 Å². The fourth-order valence-electron chi connectivity index (χ4n) is 1.45. The molecule has 0 amide bonds. The first-order valence-corrected chi connectivity index (χ1v) is 3.70. The molecule has 0 bridgehead atoms. The van der Waals surface area contributed by atoms with Crippen molar-refractivity contribution < 1.29 is 5.21 Å². The molecule has 0 atom stereocenters. The highest BCUT2D eigenvalue weighted by molar-refractivity contribution is 5.07. The fraction of sp³-hybridized carbons (Fsp3) is 0.875. The third kappa shape index (κ3) is 1.06. The van der Waals surface area contributed by atoms with Gasteiger partial charge < -0.3 is 5.21 Å². The van der Waals surface area contributed by atoms with Crippen molar-refractivity contribution in [2.75, 3.05) is 0 Å². The molecule has 1 aliphatic heterocycles. The fourth-order valence-corrected chi connectivity index (χ4v) is 1.45. The molecule has 0 saturated carbocycles. The number of hydroxylamine groups is 2. The quantitative estimate of drug-likeness (QED) is 0.558. The van der Waals surface area contributed by atoms with E-state index in [2.05, 4.69) is 6.42 Å². The molecule has 0 aromatic heterocycles. The minimum Gasteiger partial charge on any atom is -0.313 e. The van der Waals surface area contributed by atoms with Crippen LogP contribution in [0.25, 0.3) is 0 Å². The summed E-state index contributed by atoms with van der Waals surface area (Å²) in [4.78, 5) is 0. The van der Waals surface area contributed by atoms with Crippen molar-refractivity contribution in [2.45, 2.75) is 45.2 Å². The van der Waals surface area contributed by atoms with Crippen LogP contribution in [-0.4, -0.2) is 21.3 Å². The first-order valence-electron chi connectivity index (χ1n) is 3.70. The number of rotatable bonds is 0. The van der Waals surface area contributed by atoms with E-state index in [1.54, 1.807) is 0 Å². The summed E-state index contributed by atoms with van der Waals surface area (Å²) in [6.07, 6.45) is 3.10. The molecule has 1 N–H and O–H groups in total. The Morgan fingerprint density at radius 3 is 1.90 bits per heavy atom. The van der Waals surface area contributed by atoms with Crippen LogP contribution in [0.15, 0.2) is 0 Å². The Hall–Kier alpha value is -0.0800. The third-order valence-electron chi connectivity index (χ3n) is 2.22. The minimum absolute atomic E-state index is 0.0799. The molecule has 2 nitrogen and oxygen atoms in total. The van der Waals surface area contributed by atoms with E-state index in [9.17, 15) is 5.21 Å². The Bertz CT molecular complexity index is 124. The van der Waals surface area contributed by atoms with Crippen LogP contribution in [0.1, 0.15) is 34.1 Å². The Kier molecular flexibility index (Phi) is 1.57. The van der Waals surface area contributed by atoms with Gasteiger partial charge in [0.15, 0.2) is 0 Å². The van der Waals surface area contributed by atoms with E-state index >= 15 is 0 Å². The van der Waals surface area contributed by atoms with Gasteiger partial charge >= 0.3 is 0 Å². The average Bonchev–Trinajstić information content (AvgIpc) is 1.95. The Labute approximate surface area is 62.8 Å². The standard InChI is InChI=1S/C8H16NO/c1-7(2)5-6-8(3,4)9(7)10/h5,10H,6H2,1-4H3. The zero-order valence-corrected chi connectivity index (χ0v) is 7.18. The molecule has 1 rings (SSSR count). The van der Waals surface area contributed by atoms with Crippen molar-refractivity contribution in [1.82, 2.24) is 5.06 Å². The normalized spacial score (nSPS) is 30.9. The molecule has 1 aliphatic rings. The van der Waals surface area contributed by atoms with E-state index < -0.39 is 0 Å². The minimum atomic E-state index is -0.149. The summed E-state index contributed by atoms with van der Waals surface area (Å²) in [5.74, 6) is 0. The second-order valence-electron chi connectivity index (χ2n) is 4.19. The van der Waals surface area contributed by atoms with E-state index in [4.69, 9.17) is 0 Å². The lowest BCUT2D eigenvalue weighted by Crippen LogP contribution is -2.45. The van der Waals surface area contributed by atoms with Gasteiger partial charge in [-0.3, -0.25) is 0 Å². The van der Waals surface area contributed by atoms with Gasteiger partial charge in [-0.2, -0.15) is 5.06 Å². The number of nitrogens with zero attached hydrogens (tertiary/aromatic N) is 1. The van der Waals surface area contributed by atoms with Gasteiger partial charge in [0, 0.05) is 11.1 Å².